The summed E-state index contributed by atoms with van der Waals surface area (Å²) in [5.41, 5.74) is 5.81. The standard InChI is InChI=1S/C11H15N/c1-8-6-9(2)10-4-5-12(3)11(10)7-8/h6-7H,4-5H2,1-3H3. The van der Waals surface area contributed by atoms with Gasteiger partial charge < -0.3 is 4.90 Å². The van der Waals surface area contributed by atoms with E-state index in [4.69, 9.17) is 0 Å². The van der Waals surface area contributed by atoms with Crippen LogP contribution in [0.4, 0.5) is 5.69 Å². The van der Waals surface area contributed by atoms with E-state index in [2.05, 4.69) is 37.9 Å². The molecule has 0 radical (unpaired) electrons. The van der Waals surface area contributed by atoms with Gasteiger partial charge in [0.15, 0.2) is 0 Å². The van der Waals surface area contributed by atoms with Gasteiger partial charge in [0.05, 0.1) is 0 Å². The molecular formula is C11H15N. The predicted octanol–water partition coefficient (Wildman–Crippen LogP) is 2.30. The predicted molar refractivity (Wildman–Crippen MR) is 52.9 cm³/mol. The number of nitrogens with zero attached hydrogens (tertiary/aromatic N) is 1. The minimum atomic E-state index is 1.18. The largest absolute Gasteiger partial charge is 0.374 e. The lowest BCUT2D eigenvalue weighted by Gasteiger charge is -2.13. The maximum Gasteiger partial charge on any atom is 0.0402 e. The second-order valence-electron chi connectivity index (χ2n) is 3.75. The third-order valence-electron chi connectivity index (χ3n) is 2.70. The van der Waals surface area contributed by atoms with Gasteiger partial charge in [0.25, 0.3) is 0 Å². The van der Waals surface area contributed by atoms with Crippen molar-refractivity contribution >= 4 is 5.69 Å². The summed E-state index contributed by atoms with van der Waals surface area (Å²) in [5, 5.41) is 0. The molecule has 0 atom stereocenters. The average molecular weight is 161 g/mol. The highest BCUT2D eigenvalue weighted by molar-refractivity contribution is 5.61. The van der Waals surface area contributed by atoms with E-state index in [-0.39, 0.29) is 0 Å². The van der Waals surface area contributed by atoms with Gasteiger partial charge in [-0.15, -0.1) is 0 Å². The van der Waals surface area contributed by atoms with E-state index < -0.39 is 0 Å². The quantitative estimate of drug-likeness (QED) is 0.564. The summed E-state index contributed by atoms with van der Waals surface area (Å²) in [6, 6.07) is 4.56. The Morgan fingerprint density at radius 1 is 1.25 bits per heavy atom. The highest BCUT2D eigenvalue weighted by atomic mass is 15.1. The average Bonchev–Trinajstić information content (AvgIpc) is 2.33. The summed E-state index contributed by atoms with van der Waals surface area (Å²) in [6.45, 7) is 5.56. The first-order valence-corrected chi connectivity index (χ1v) is 4.50. The molecule has 2 rings (SSSR count). The van der Waals surface area contributed by atoms with Crippen LogP contribution in [0.5, 0.6) is 0 Å². The molecule has 1 aliphatic heterocycles. The van der Waals surface area contributed by atoms with E-state index in [0.717, 1.165) is 0 Å². The molecule has 0 fully saturated rings. The van der Waals surface area contributed by atoms with Crippen LogP contribution in [0.25, 0.3) is 0 Å². The zero-order valence-electron chi connectivity index (χ0n) is 8.02. The Bertz CT molecular complexity index is 315. The molecule has 1 heterocycles. The first-order chi connectivity index (χ1) is 5.68. The van der Waals surface area contributed by atoms with E-state index >= 15 is 0 Å². The molecule has 1 aromatic carbocycles. The van der Waals surface area contributed by atoms with Gasteiger partial charge in [-0.05, 0) is 43.0 Å². The van der Waals surface area contributed by atoms with E-state index in [1.54, 1.807) is 5.56 Å². The summed E-state index contributed by atoms with van der Waals surface area (Å²) in [5.74, 6) is 0. The smallest absolute Gasteiger partial charge is 0.0402 e. The third-order valence-corrected chi connectivity index (χ3v) is 2.70. The van der Waals surface area contributed by atoms with Gasteiger partial charge in [0.2, 0.25) is 0 Å². The molecular weight excluding hydrogens is 146 g/mol. The highest BCUT2D eigenvalue weighted by Gasteiger charge is 2.17. The molecule has 1 aliphatic rings. The number of fused-ring (bicyclic) bond motifs is 1. The first kappa shape index (κ1) is 7.66. The molecule has 0 N–H and O–H groups in total. The van der Waals surface area contributed by atoms with Crippen LogP contribution in [0.3, 0.4) is 0 Å². The van der Waals surface area contributed by atoms with Crippen molar-refractivity contribution in [3.8, 4) is 0 Å². The number of rotatable bonds is 0. The first-order valence-electron chi connectivity index (χ1n) is 4.50. The second kappa shape index (κ2) is 2.51. The lowest BCUT2D eigenvalue weighted by molar-refractivity contribution is 0.953. The summed E-state index contributed by atoms with van der Waals surface area (Å²) in [6.07, 6.45) is 1.22. The molecule has 0 saturated carbocycles. The minimum Gasteiger partial charge on any atom is -0.374 e. The molecule has 0 saturated heterocycles. The topological polar surface area (TPSA) is 3.24 Å². The molecule has 0 spiro atoms. The van der Waals surface area contributed by atoms with Crippen molar-refractivity contribution in [1.82, 2.24) is 0 Å². The van der Waals surface area contributed by atoms with Crippen LogP contribution in [0.15, 0.2) is 12.1 Å². The van der Waals surface area contributed by atoms with Crippen LogP contribution in [-0.4, -0.2) is 13.6 Å². The fraction of sp³-hybridized carbons (Fsp3) is 0.455. The highest BCUT2D eigenvalue weighted by Crippen LogP contribution is 2.30. The Balaban J connectivity index is 2.60. The van der Waals surface area contributed by atoms with Gasteiger partial charge in [-0.2, -0.15) is 0 Å². The Labute approximate surface area is 74.0 Å². The number of hydrogen-bond donors (Lipinski definition) is 0. The van der Waals surface area contributed by atoms with Crippen molar-refractivity contribution in [2.75, 3.05) is 18.5 Å². The van der Waals surface area contributed by atoms with Crippen LogP contribution >= 0.6 is 0 Å². The van der Waals surface area contributed by atoms with Crippen molar-refractivity contribution in [2.24, 2.45) is 0 Å². The van der Waals surface area contributed by atoms with Gasteiger partial charge in [-0.3, -0.25) is 0 Å². The van der Waals surface area contributed by atoms with E-state index in [9.17, 15) is 0 Å². The van der Waals surface area contributed by atoms with Crippen molar-refractivity contribution in [1.29, 1.82) is 0 Å². The normalized spacial score (nSPS) is 15.1. The molecule has 1 aromatic rings. The fourth-order valence-corrected chi connectivity index (χ4v) is 2.04. The van der Waals surface area contributed by atoms with Crippen LogP contribution < -0.4 is 4.90 Å². The third kappa shape index (κ3) is 1.01. The number of hydrogen-bond acceptors (Lipinski definition) is 1. The van der Waals surface area contributed by atoms with Crippen molar-refractivity contribution in [3.63, 3.8) is 0 Å². The lowest BCUT2D eigenvalue weighted by atomic mass is 10.0. The van der Waals surface area contributed by atoms with Gasteiger partial charge in [-0.25, -0.2) is 0 Å². The van der Waals surface area contributed by atoms with Gasteiger partial charge >= 0.3 is 0 Å². The summed E-state index contributed by atoms with van der Waals surface area (Å²) >= 11 is 0. The van der Waals surface area contributed by atoms with E-state index in [1.165, 1.54) is 29.8 Å². The van der Waals surface area contributed by atoms with E-state index in [1.807, 2.05) is 0 Å². The fourth-order valence-electron chi connectivity index (χ4n) is 2.04. The molecule has 1 nitrogen and oxygen atoms in total. The molecule has 0 amide bonds. The van der Waals surface area contributed by atoms with Gasteiger partial charge in [0, 0.05) is 19.3 Å². The summed E-state index contributed by atoms with van der Waals surface area (Å²) in [4.78, 5) is 2.34. The monoisotopic (exact) mass is 161 g/mol. The van der Waals surface area contributed by atoms with Gasteiger partial charge in [-0.1, -0.05) is 6.07 Å². The number of anilines is 1. The SMILES string of the molecule is Cc1cc(C)c2c(c1)N(C)CC2. The van der Waals surface area contributed by atoms with Crippen LogP contribution in [0.1, 0.15) is 16.7 Å². The van der Waals surface area contributed by atoms with Crippen LogP contribution in [0, 0.1) is 13.8 Å². The van der Waals surface area contributed by atoms with Crippen LogP contribution in [-0.2, 0) is 6.42 Å². The zero-order valence-corrected chi connectivity index (χ0v) is 8.02. The van der Waals surface area contributed by atoms with E-state index in [0.29, 0.717) is 0 Å². The molecule has 1 heteroatoms. The molecule has 0 aromatic heterocycles. The molecule has 0 bridgehead atoms. The molecule has 0 unspecified atom stereocenters. The maximum absolute atomic E-state index is 2.34. The minimum absolute atomic E-state index is 1.18. The zero-order chi connectivity index (χ0) is 8.72. The molecule has 12 heavy (non-hydrogen) atoms. The Morgan fingerprint density at radius 2 is 2.00 bits per heavy atom. The maximum atomic E-state index is 2.34. The Hall–Kier alpha value is -0.980. The molecule has 0 aliphatic carbocycles. The van der Waals surface area contributed by atoms with Crippen molar-refractivity contribution in [2.45, 2.75) is 20.3 Å². The lowest BCUT2D eigenvalue weighted by Crippen LogP contribution is -2.12. The summed E-state index contributed by atoms with van der Waals surface area (Å²) in [7, 11) is 2.17. The van der Waals surface area contributed by atoms with Crippen molar-refractivity contribution in [3.05, 3.63) is 28.8 Å². The van der Waals surface area contributed by atoms with Crippen LogP contribution in [0.2, 0.25) is 0 Å². The van der Waals surface area contributed by atoms with Gasteiger partial charge in [0.1, 0.15) is 0 Å². The Morgan fingerprint density at radius 3 is 2.75 bits per heavy atom. The number of likely N-dealkylation sites (N-methyl/N-ethyl adjacent to an activating group) is 1. The Kier molecular flexibility index (Phi) is 1.60. The van der Waals surface area contributed by atoms with Crippen molar-refractivity contribution < 1.29 is 0 Å². The number of aryl methyl sites for hydroxylation is 2. The number of benzene rings is 1. The summed E-state index contributed by atoms with van der Waals surface area (Å²) < 4.78 is 0. The molecule has 64 valence electrons. The second-order valence-corrected chi connectivity index (χ2v) is 3.75.